The summed E-state index contributed by atoms with van der Waals surface area (Å²) in [5.74, 6) is 0.819. The molecule has 8 nitrogen and oxygen atoms in total. The Balaban J connectivity index is 1.58. The van der Waals surface area contributed by atoms with Crippen LogP contribution in [0.1, 0.15) is 11.1 Å². The van der Waals surface area contributed by atoms with E-state index in [2.05, 4.69) is 5.32 Å². The first-order chi connectivity index (χ1) is 14.3. The summed E-state index contributed by atoms with van der Waals surface area (Å²) in [6, 6.07) is 12.3. The Labute approximate surface area is 177 Å². The first kappa shape index (κ1) is 21.9. The van der Waals surface area contributed by atoms with Gasteiger partial charge in [-0.05, 0) is 24.6 Å². The fourth-order valence-electron chi connectivity index (χ4n) is 3.25. The van der Waals surface area contributed by atoms with E-state index in [0.29, 0.717) is 31.1 Å². The number of carbonyl (C=O) groups excluding carboxylic acids is 1. The molecule has 3 rings (SSSR count). The van der Waals surface area contributed by atoms with Crippen molar-refractivity contribution in [2.24, 2.45) is 0 Å². The third-order valence-corrected chi connectivity index (χ3v) is 6.98. The molecule has 0 radical (unpaired) electrons. The zero-order valence-corrected chi connectivity index (χ0v) is 18.2. The average Bonchev–Trinajstić information content (AvgIpc) is 2.78. The number of piperazine rings is 1. The number of urea groups is 1. The fraction of sp³-hybridized carbons (Fsp3) is 0.381. The molecule has 1 aliphatic heterocycles. The SMILES string of the molecule is COc1ccc(S(=O)(=O)N2CCN(C(=O)NCc3ccc(C)cc3)CC2)cc1OC. The summed E-state index contributed by atoms with van der Waals surface area (Å²) in [4.78, 5) is 14.2. The molecule has 1 aliphatic rings. The van der Waals surface area contributed by atoms with Crippen LogP contribution in [-0.4, -0.2) is 64.1 Å². The molecule has 1 N–H and O–H groups in total. The summed E-state index contributed by atoms with van der Waals surface area (Å²) in [5, 5.41) is 2.89. The van der Waals surface area contributed by atoms with Crippen LogP contribution in [0, 0.1) is 6.92 Å². The van der Waals surface area contributed by atoms with Gasteiger partial charge in [0.15, 0.2) is 11.5 Å². The minimum atomic E-state index is -3.69. The second-order valence-corrected chi connectivity index (χ2v) is 8.99. The van der Waals surface area contributed by atoms with Gasteiger partial charge in [0, 0.05) is 38.8 Å². The molecule has 162 valence electrons. The van der Waals surface area contributed by atoms with Crippen LogP contribution in [0.5, 0.6) is 11.5 Å². The lowest BCUT2D eigenvalue weighted by molar-refractivity contribution is 0.172. The smallest absolute Gasteiger partial charge is 0.317 e. The van der Waals surface area contributed by atoms with Gasteiger partial charge in [-0.1, -0.05) is 29.8 Å². The summed E-state index contributed by atoms with van der Waals surface area (Å²) in [6.07, 6.45) is 0. The molecule has 0 saturated carbocycles. The van der Waals surface area contributed by atoms with Gasteiger partial charge in [-0.2, -0.15) is 4.31 Å². The van der Waals surface area contributed by atoms with Crippen LogP contribution >= 0.6 is 0 Å². The van der Waals surface area contributed by atoms with Crippen molar-refractivity contribution >= 4 is 16.1 Å². The van der Waals surface area contributed by atoms with Crippen molar-refractivity contribution in [2.75, 3.05) is 40.4 Å². The van der Waals surface area contributed by atoms with Gasteiger partial charge < -0.3 is 19.7 Å². The molecule has 2 amide bonds. The van der Waals surface area contributed by atoms with Crippen molar-refractivity contribution < 1.29 is 22.7 Å². The predicted octanol–water partition coefficient (Wildman–Crippen LogP) is 2.23. The number of sulfonamides is 1. The minimum absolute atomic E-state index is 0.137. The van der Waals surface area contributed by atoms with Gasteiger partial charge in [-0.15, -0.1) is 0 Å². The van der Waals surface area contributed by atoms with Crippen molar-refractivity contribution in [1.29, 1.82) is 0 Å². The summed E-state index contributed by atoms with van der Waals surface area (Å²) in [6.45, 7) is 3.56. The summed E-state index contributed by atoms with van der Waals surface area (Å²) in [5.41, 5.74) is 2.18. The highest BCUT2D eigenvalue weighted by Gasteiger charge is 2.30. The van der Waals surface area contributed by atoms with Crippen molar-refractivity contribution in [3.63, 3.8) is 0 Å². The van der Waals surface area contributed by atoms with E-state index in [4.69, 9.17) is 9.47 Å². The quantitative estimate of drug-likeness (QED) is 0.755. The van der Waals surface area contributed by atoms with Crippen LogP contribution in [0.15, 0.2) is 47.4 Å². The van der Waals surface area contributed by atoms with Crippen LogP contribution in [-0.2, 0) is 16.6 Å². The third-order valence-electron chi connectivity index (χ3n) is 5.08. The number of aryl methyl sites for hydroxylation is 1. The van der Waals surface area contributed by atoms with Crippen molar-refractivity contribution in [3.05, 3.63) is 53.6 Å². The molecule has 0 aliphatic carbocycles. The van der Waals surface area contributed by atoms with Gasteiger partial charge in [0.05, 0.1) is 19.1 Å². The lowest BCUT2D eigenvalue weighted by atomic mass is 10.1. The number of hydrogen-bond acceptors (Lipinski definition) is 5. The van der Waals surface area contributed by atoms with E-state index in [0.717, 1.165) is 11.1 Å². The molecule has 0 atom stereocenters. The van der Waals surface area contributed by atoms with Crippen LogP contribution in [0.4, 0.5) is 4.79 Å². The molecule has 0 aromatic heterocycles. The minimum Gasteiger partial charge on any atom is -0.493 e. The Hall–Kier alpha value is -2.78. The second-order valence-electron chi connectivity index (χ2n) is 7.05. The van der Waals surface area contributed by atoms with Crippen molar-refractivity contribution in [1.82, 2.24) is 14.5 Å². The van der Waals surface area contributed by atoms with Crippen LogP contribution in [0.2, 0.25) is 0 Å². The highest BCUT2D eigenvalue weighted by atomic mass is 32.2. The average molecular weight is 434 g/mol. The first-order valence-electron chi connectivity index (χ1n) is 9.65. The Morgan fingerprint density at radius 2 is 1.60 bits per heavy atom. The molecular formula is C21H27N3O5S. The van der Waals surface area contributed by atoms with Crippen molar-refractivity contribution in [2.45, 2.75) is 18.4 Å². The Kier molecular flexibility index (Phi) is 6.84. The standard InChI is InChI=1S/C21H27N3O5S/c1-16-4-6-17(7-5-16)15-22-21(25)23-10-12-24(13-11-23)30(26,27)18-8-9-19(28-2)20(14-18)29-3/h4-9,14H,10-13,15H2,1-3H3,(H,22,25). The Bertz CT molecular complexity index is 984. The van der Waals surface area contributed by atoms with E-state index in [-0.39, 0.29) is 24.0 Å². The van der Waals surface area contributed by atoms with Gasteiger partial charge in [0.2, 0.25) is 10.0 Å². The normalized spacial score (nSPS) is 15.0. The van der Waals surface area contributed by atoms with Crippen LogP contribution in [0.3, 0.4) is 0 Å². The van der Waals surface area contributed by atoms with Crippen LogP contribution in [0.25, 0.3) is 0 Å². The van der Waals surface area contributed by atoms with Gasteiger partial charge in [0.1, 0.15) is 0 Å². The predicted molar refractivity (Wildman–Crippen MR) is 113 cm³/mol. The van der Waals surface area contributed by atoms with E-state index < -0.39 is 10.0 Å². The molecule has 1 fully saturated rings. The number of nitrogens with zero attached hydrogens (tertiary/aromatic N) is 2. The van der Waals surface area contributed by atoms with E-state index in [9.17, 15) is 13.2 Å². The zero-order valence-electron chi connectivity index (χ0n) is 17.4. The van der Waals surface area contributed by atoms with Gasteiger partial charge in [0.25, 0.3) is 0 Å². The molecule has 30 heavy (non-hydrogen) atoms. The van der Waals surface area contributed by atoms with Gasteiger partial charge >= 0.3 is 6.03 Å². The van der Waals surface area contributed by atoms with Crippen LogP contribution < -0.4 is 14.8 Å². The molecule has 2 aromatic rings. The Morgan fingerprint density at radius 1 is 0.967 bits per heavy atom. The first-order valence-corrected chi connectivity index (χ1v) is 11.1. The number of methoxy groups -OCH3 is 2. The molecular weight excluding hydrogens is 406 g/mol. The number of carbonyl (C=O) groups is 1. The van der Waals surface area contributed by atoms with E-state index >= 15 is 0 Å². The van der Waals surface area contributed by atoms with Crippen molar-refractivity contribution in [3.8, 4) is 11.5 Å². The van der Waals surface area contributed by atoms with E-state index in [1.54, 1.807) is 11.0 Å². The molecule has 9 heteroatoms. The topological polar surface area (TPSA) is 88.2 Å². The molecule has 2 aromatic carbocycles. The lowest BCUT2D eigenvalue weighted by Gasteiger charge is -2.34. The van der Waals surface area contributed by atoms with E-state index in [1.807, 2.05) is 31.2 Å². The Morgan fingerprint density at radius 3 is 2.20 bits per heavy atom. The zero-order chi connectivity index (χ0) is 21.7. The van der Waals surface area contributed by atoms with Gasteiger partial charge in [-0.3, -0.25) is 0 Å². The number of hydrogen-bond donors (Lipinski definition) is 1. The maximum atomic E-state index is 13.0. The third kappa shape index (κ3) is 4.85. The lowest BCUT2D eigenvalue weighted by Crippen LogP contribution is -2.52. The maximum Gasteiger partial charge on any atom is 0.317 e. The number of benzene rings is 2. The number of nitrogens with one attached hydrogen (secondary N) is 1. The molecule has 1 heterocycles. The summed E-state index contributed by atoms with van der Waals surface area (Å²) in [7, 11) is -0.733. The fourth-order valence-corrected chi connectivity index (χ4v) is 4.69. The largest absolute Gasteiger partial charge is 0.493 e. The molecule has 0 unspecified atom stereocenters. The highest BCUT2D eigenvalue weighted by molar-refractivity contribution is 7.89. The monoisotopic (exact) mass is 433 g/mol. The summed E-state index contributed by atoms with van der Waals surface area (Å²) < 4.78 is 37.7. The number of amides is 2. The van der Waals surface area contributed by atoms with Gasteiger partial charge in [-0.25, -0.2) is 13.2 Å². The van der Waals surface area contributed by atoms with E-state index in [1.165, 1.54) is 30.7 Å². The second kappa shape index (κ2) is 9.36. The number of ether oxygens (including phenoxy) is 2. The molecule has 0 spiro atoms. The molecule has 1 saturated heterocycles. The maximum absolute atomic E-state index is 13.0. The number of rotatable bonds is 6. The summed E-state index contributed by atoms with van der Waals surface area (Å²) >= 11 is 0. The highest BCUT2D eigenvalue weighted by Crippen LogP contribution is 2.30. The molecule has 0 bridgehead atoms.